The molecule has 0 unspecified atom stereocenters. The Kier molecular flexibility index (Phi) is 6.30. The van der Waals surface area contributed by atoms with Crippen LogP contribution in [0.4, 0.5) is 0 Å². The van der Waals surface area contributed by atoms with Crippen LogP contribution in [0, 0.1) is 0 Å². The smallest absolute Gasteiger partial charge is 0.119 e. The number of ether oxygens (including phenoxy) is 2. The molecule has 3 heteroatoms. The first-order valence-corrected chi connectivity index (χ1v) is 5.45. The molecule has 1 aromatic carbocycles. The van der Waals surface area contributed by atoms with E-state index in [-0.39, 0.29) is 0 Å². The van der Waals surface area contributed by atoms with Gasteiger partial charge in [-0.2, -0.15) is 0 Å². The van der Waals surface area contributed by atoms with E-state index in [1.807, 2.05) is 24.3 Å². The van der Waals surface area contributed by atoms with E-state index < -0.39 is 0 Å². The van der Waals surface area contributed by atoms with Gasteiger partial charge in [-0.25, -0.2) is 0 Å². The summed E-state index contributed by atoms with van der Waals surface area (Å²) in [4.78, 5) is 0. The zero-order chi connectivity index (χ0) is 11.6. The van der Waals surface area contributed by atoms with Gasteiger partial charge in [0.15, 0.2) is 0 Å². The summed E-state index contributed by atoms with van der Waals surface area (Å²) in [5, 5.41) is 0. The maximum atomic E-state index is 5.46. The van der Waals surface area contributed by atoms with Crippen molar-refractivity contribution in [3.8, 4) is 5.75 Å². The quantitative estimate of drug-likeness (QED) is 0.717. The second-order valence-corrected chi connectivity index (χ2v) is 3.39. The maximum absolute atomic E-state index is 5.46. The molecule has 1 rings (SSSR count). The van der Waals surface area contributed by atoms with Crippen LogP contribution in [0.3, 0.4) is 0 Å². The topological polar surface area (TPSA) is 44.5 Å². The first-order valence-electron chi connectivity index (χ1n) is 5.45. The van der Waals surface area contributed by atoms with Gasteiger partial charge in [-0.15, -0.1) is 0 Å². The van der Waals surface area contributed by atoms with E-state index in [1.165, 1.54) is 0 Å². The molecule has 0 amide bonds. The first-order chi connectivity index (χ1) is 7.86. The molecule has 0 spiro atoms. The van der Waals surface area contributed by atoms with Gasteiger partial charge in [-0.3, -0.25) is 0 Å². The highest BCUT2D eigenvalue weighted by Crippen LogP contribution is 2.13. The molecule has 0 heterocycles. The van der Waals surface area contributed by atoms with Gasteiger partial charge in [0.1, 0.15) is 12.4 Å². The van der Waals surface area contributed by atoms with Crippen molar-refractivity contribution < 1.29 is 9.47 Å². The maximum Gasteiger partial charge on any atom is 0.119 e. The summed E-state index contributed by atoms with van der Waals surface area (Å²) >= 11 is 0. The number of benzene rings is 1. The Balaban J connectivity index is 2.41. The molecule has 0 fully saturated rings. The van der Waals surface area contributed by atoms with Crippen molar-refractivity contribution in [2.45, 2.75) is 6.42 Å². The molecule has 0 saturated heterocycles. The van der Waals surface area contributed by atoms with Gasteiger partial charge in [-0.05, 0) is 30.7 Å². The Morgan fingerprint density at radius 3 is 2.56 bits per heavy atom. The average Bonchev–Trinajstić information content (AvgIpc) is 2.32. The van der Waals surface area contributed by atoms with Gasteiger partial charge < -0.3 is 15.2 Å². The van der Waals surface area contributed by atoms with Crippen LogP contribution in [0.15, 0.2) is 30.3 Å². The average molecular weight is 221 g/mol. The number of nitrogens with two attached hydrogens (primary N) is 1. The Morgan fingerprint density at radius 1 is 1.19 bits per heavy atom. The second-order valence-electron chi connectivity index (χ2n) is 3.39. The zero-order valence-electron chi connectivity index (χ0n) is 9.69. The van der Waals surface area contributed by atoms with Crippen LogP contribution in [0.25, 0.3) is 6.08 Å². The van der Waals surface area contributed by atoms with E-state index in [9.17, 15) is 0 Å². The minimum atomic E-state index is 0.582. The summed E-state index contributed by atoms with van der Waals surface area (Å²) < 4.78 is 10.4. The van der Waals surface area contributed by atoms with Crippen LogP contribution < -0.4 is 10.5 Å². The fourth-order valence-corrected chi connectivity index (χ4v) is 1.23. The van der Waals surface area contributed by atoms with Crippen molar-refractivity contribution in [1.82, 2.24) is 0 Å². The third-order valence-electron chi connectivity index (χ3n) is 2.08. The zero-order valence-corrected chi connectivity index (χ0v) is 9.69. The largest absolute Gasteiger partial charge is 0.491 e. The highest BCUT2D eigenvalue weighted by Gasteiger charge is 1.92. The summed E-state index contributed by atoms with van der Waals surface area (Å²) in [6.07, 6.45) is 5.04. The summed E-state index contributed by atoms with van der Waals surface area (Å²) in [6, 6.07) is 7.96. The van der Waals surface area contributed by atoms with E-state index in [0.717, 1.165) is 17.7 Å². The van der Waals surface area contributed by atoms with Crippen molar-refractivity contribution in [2.75, 3.05) is 26.9 Å². The molecule has 0 aliphatic carbocycles. The first kappa shape index (κ1) is 12.7. The summed E-state index contributed by atoms with van der Waals surface area (Å²) in [5.74, 6) is 0.869. The molecule has 88 valence electrons. The van der Waals surface area contributed by atoms with Crippen LogP contribution in [-0.2, 0) is 4.74 Å². The molecule has 0 atom stereocenters. The monoisotopic (exact) mass is 221 g/mol. The van der Waals surface area contributed by atoms with Crippen molar-refractivity contribution in [3.63, 3.8) is 0 Å². The van der Waals surface area contributed by atoms with Gasteiger partial charge in [0.05, 0.1) is 6.61 Å². The van der Waals surface area contributed by atoms with Gasteiger partial charge >= 0.3 is 0 Å². The van der Waals surface area contributed by atoms with Crippen molar-refractivity contribution in [2.24, 2.45) is 5.73 Å². The molecular weight excluding hydrogens is 202 g/mol. The van der Waals surface area contributed by atoms with Gasteiger partial charge in [0.2, 0.25) is 0 Å². The molecule has 0 aromatic heterocycles. The van der Waals surface area contributed by atoms with Crippen LogP contribution in [0.2, 0.25) is 0 Å². The summed E-state index contributed by atoms with van der Waals surface area (Å²) in [5.41, 5.74) is 6.56. The lowest BCUT2D eigenvalue weighted by molar-refractivity contribution is 0.146. The van der Waals surface area contributed by atoms with Gasteiger partial charge in [0.25, 0.3) is 0 Å². The van der Waals surface area contributed by atoms with Crippen molar-refractivity contribution in [1.29, 1.82) is 0 Å². The fraction of sp³-hybridized carbons (Fsp3) is 0.385. The van der Waals surface area contributed by atoms with E-state index in [1.54, 1.807) is 7.11 Å². The molecule has 3 nitrogen and oxygen atoms in total. The SMILES string of the molecule is COCCOc1ccc(C=CCCN)cc1. The molecule has 0 aliphatic heterocycles. The van der Waals surface area contributed by atoms with Gasteiger partial charge in [0, 0.05) is 7.11 Å². The van der Waals surface area contributed by atoms with Gasteiger partial charge in [-0.1, -0.05) is 24.3 Å². The molecule has 0 saturated carbocycles. The highest BCUT2D eigenvalue weighted by atomic mass is 16.5. The molecule has 16 heavy (non-hydrogen) atoms. The van der Waals surface area contributed by atoms with Crippen LogP contribution in [0.1, 0.15) is 12.0 Å². The van der Waals surface area contributed by atoms with Crippen LogP contribution >= 0.6 is 0 Å². The lowest BCUT2D eigenvalue weighted by Crippen LogP contribution is -2.03. The number of methoxy groups -OCH3 is 1. The Hall–Kier alpha value is -1.32. The van der Waals surface area contributed by atoms with Crippen LogP contribution in [-0.4, -0.2) is 26.9 Å². The third-order valence-corrected chi connectivity index (χ3v) is 2.08. The van der Waals surface area contributed by atoms with E-state index in [2.05, 4.69) is 12.2 Å². The lowest BCUT2D eigenvalue weighted by Gasteiger charge is -2.05. The molecular formula is C13H19NO2. The van der Waals surface area contributed by atoms with E-state index in [0.29, 0.717) is 19.8 Å². The lowest BCUT2D eigenvalue weighted by atomic mass is 10.2. The highest BCUT2D eigenvalue weighted by molar-refractivity contribution is 5.50. The fourth-order valence-electron chi connectivity index (χ4n) is 1.23. The number of hydrogen-bond acceptors (Lipinski definition) is 3. The summed E-state index contributed by atoms with van der Waals surface area (Å²) in [7, 11) is 1.66. The normalized spacial score (nSPS) is 10.9. The second kappa shape index (κ2) is 7.91. The Labute approximate surface area is 96.9 Å². The van der Waals surface area contributed by atoms with Crippen molar-refractivity contribution in [3.05, 3.63) is 35.9 Å². The predicted molar refractivity (Wildman–Crippen MR) is 66.5 cm³/mol. The molecule has 1 aromatic rings. The number of hydrogen-bond donors (Lipinski definition) is 1. The predicted octanol–water partition coefficient (Wildman–Crippen LogP) is 2.07. The number of rotatable bonds is 7. The van der Waals surface area contributed by atoms with Crippen molar-refractivity contribution >= 4 is 6.08 Å². The third kappa shape index (κ3) is 4.96. The molecule has 2 N–H and O–H groups in total. The van der Waals surface area contributed by atoms with E-state index >= 15 is 0 Å². The Morgan fingerprint density at radius 2 is 1.94 bits per heavy atom. The molecule has 0 radical (unpaired) electrons. The van der Waals surface area contributed by atoms with E-state index in [4.69, 9.17) is 15.2 Å². The minimum Gasteiger partial charge on any atom is -0.491 e. The molecule has 0 aliphatic rings. The van der Waals surface area contributed by atoms with Crippen LogP contribution in [0.5, 0.6) is 5.75 Å². The summed E-state index contributed by atoms with van der Waals surface area (Å²) in [6.45, 7) is 1.88. The minimum absolute atomic E-state index is 0.582. The Bertz CT molecular complexity index is 306. The standard InChI is InChI=1S/C13H19NO2/c1-15-10-11-16-13-7-5-12(6-8-13)4-2-3-9-14/h2,4-8H,3,9-11,14H2,1H3. The molecule has 0 bridgehead atoms.